The van der Waals surface area contributed by atoms with Crippen molar-refractivity contribution in [1.29, 1.82) is 0 Å². The first-order chi connectivity index (χ1) is 13.1. The van der Waals surface area contributed by atoms with Gasteiger partial charge in [-0.05, 0) is 24.6 Å². The van der Waals surface area contributed by atoms with Gasteiger partial charge in [-0.3, -0.25) is 14.7 Å². The van der Waals surface area contributed by atoms with E-state index in [9.17, 15) is 9.59 Å². The molecule has 0 bridgehead atoms. The fourth-order valence-corrected chi connectivity index (χ4v) is 3.56. The van der Waals surface area contributed by atoms with Crippen molar-refractivity contribution in [3.05, 3.63) is 69.2 Å². The van der Waals surface area contributed by atoms with Gasteiger partial charge in [-0.15, -0.1) is 0 Å². The van der Waals surface area contributed by atoms with Crippen molar-refractivity contribution in [1.82, 2.24) is 25.1 Å². The van der Waals surface area contributed by atoms with Gasteiger partial charge in [0.2, 0.25) is 5.91 Å². The third-order valence-corrected chi connectivity index (χ3v) is 5.12. The maximum atomic E-state index is 12.9. The van der Waals surface area contributed by atoms with Gasteiger partial charge in [0.05, 0.1) is 37.8 Å². The summed E-state index contributed by atoms with van der Waals surface area (Å²) in [5.41, 5.74) is 3.88. The lowest BCUT2D eigenvalue weighted by Gasteiger charge is -2.32. The summed E-state index contributed by atoms with van der Waals surface area (Å²) in [5, 5.41) is 5.29. The number of fused-ring (bicyclic) bond motifs is 1. The number of benzene rings is 1. The standard InChI is InChI=1S/C19H21N5O3/c1-11-14(19(26)23-22-11)7-17(25)24-8-15(18-16(9-24)20-10-21-18)12-3-5-13(27-2)6-4-12/h3-6,10,15H,7-9H2,1-2H3,(H,20,21)(H2,22,23,26). The third-order valence-electron chi connectivity index (χ3n) is 5.12. The van der Waals surface area contributed by atoms with E-state index in [1.807, 2.05) is 24.3 Å². The molecule has 1 aliphatic rings. The van der Waals surface area contributed by atoms with Crippen LogP contribution in [0.15, 0.2) is 35.4 Å². The van der Waals surface area contributed by atoms with Crippen molar-refractivity contribution >= 4 is 5.91 Å². The van der Waals surface area contributed by atoms with E-state index >= 15 is 0 Å². The van der Waals surface area contributed by atoms with Gasteiger partial charge >= 0.3 is 0 Å². The minimum absolute atomic E-state index is 0.0273. The number of methoxy groups -OCH3 is 1. The minimum Gasteiger partial charge on any atom is -0.497 e. The molecule has 0 saturated carbocycles. The summed E-state index contributed by atoms with van der Waals surface area (Å²) in [6, 6.07) is 7.81. The van der Waals surface area contributed by atoms with Gasteiger partial charge in [-0.25, -0.2) is 4.98 Å². The lowest BCUT2D eigenvalue weighted by Crippen LogP contribution is -2.40. The van der Waals surface area contributed by atoms with Crippen LogP contribution in [0.25, 0.3) is 0 Å². The van der Waals surface area contributed by atoms with Gasteiger partial charge in [-0.2, -0.15) is 0 Å². The van der Waals surface area contributed by atoms with Gasteiger partial charge < -0.3 is 19.7 Å². The maximum Gasteiger partial charge on any atom is 0.267 e. The Kier molecular flexibility index (Phi) is 4.31. The molecule has 8 nitrogen and oxygen atoms in total. The molecule has 4 rings (SSSR count). The highest BCUT2D eigenvalue weighted by Gasteiger charge is 2.31. The molecule has 27 heavy (non-hydrogen) atoms. The molecule has 3 N–H and O–H groups in total. The Morgan fingerprint density at radius 1 is 1.30 bits per heavy atom. The van der Waals surface area contributed by atoms with Gasteiger partial charge in [0.25, 0.3) is 5.56 Å². The molecule has 2 aromatic heterocycles. The highest BCUT2D eigenvalue weighted by Crippen LogP contribution is 2.32. The molecule has 1 atom stereocenters. The highest BCUT2D eigenvalue weighted by atomic mass is 16.5. The molecule has 0 spiro atoms. The van der Waals surface area contributed by atoms with Crippen LogP contribution >= 0.6 is 0 Å². The number of aromatic nitrogens is 4. The number of imidazole rings is 1. The van der Waals surface area contributed by atoms with Gasteiger partial charge in [0.15, 0.2) is 0 Å². The molecule has 1 unspecified atom stereocenters. The normalized spacial score (nSPS) is 16.2. The number of nitrogens with zero attached hydrogens (tertiary/aromatic N) is 2. The first-order valence-electron chi connectivity index (χ1n) is 8.76. The zero-order valence-electron chi connectivity index (χ0n) is 15.2. The Labute approximate surface area is 155 Å². The molecule has 0 radical (unpaired) electrons. The molecule has 0 saturated heterocycles. The lowest BCUT2D eigenvalue weighted by atomic mass is 9.90. The van der Waals surface area contributed by atoms with Crippen LogP contribution in [0.4, 0.5) is 0 Å². The number of hydrogen-bond donors (Lipinski definition) is 3. The predicted molar refractivity (Wildman–Crippen MR) is 98.7 cm³/mol. The molecule has 1 amide bonds. The van der Waals surface area contributed by atoms with E-state index in [1.165, 1.54) is 0 Å². The predicted octanol–water partition coefficient (Wildman–Crippen LogP) is 1.46. The fourth-order valence-electron chi connectivity index (χ4n) is 3.56. The van der Waals surface area contributed by atoms with Crippen LogP contribution in [0.1, 0.15) is 34.1 Å². The number of hydrogen-bond acceptors (Lipinski definition) is 4. The zero-order chi connectivity index (χ0) is 19.0. The second-order valence-corrected chi connectivity index (χ2v) is 6.73. The van der Waals surface area contributed by atoms with Crippen molar-refractivity contribution in [2.24, 2.45) is 0 Å². The van der Waals surface area contributed by atoms with Crippen LogP contribution in [0.3, 0.4) is 0 Å². The molecule has 1 aliphatic heterocycles. The molecular formula is C19H21N5O3. The maximum absolute atomic E-state index is 12.9. The summed E-state index contributed by atoms with van der Waals surface area (Å²) >= 11 is 0. The molecular weight excluding hydrogens is 346 g/mol. The van der Waals surface area contributed by atoms with Gasteiger partial charge in [0.1, 0.15) is 5.75 Å². The number of aryl methyl sites for hydroxylation is 1. The lowest BCUT2D eigenvalue weighted by molar-refractivity contribution is -0.131. The molecule has 0 aliphatic carbocycles. The van der Waals surface area contributed by atoms with Crippen molar-refractivity contribution < 1.29 is 9.53 Å². The summed E-state index contributed by atoms with van der Waals surface area (Å²) in [4.78, 5) is 34.2. The number of ether oxygens (including phenoxy) is 1. The number of carbonyl (C=O) groups is 1. The Morgan fingerprint density at radius 2 is 2.07 bits per heavy atom. The molecule has 3 aromatic rings. The number of rotatable bonds is 4. The summed E-state index contributed by atoms with van der Waals surface area (Å²) in [7, 11) is 1.63. The number of amides is 1. The van der Waals surface area contributed by atoms with Crippen LogP contribution in [0.2, 0.25) is 0 Å². The van der Waals surface area contributed by atoms with Crippen molar-refractivity contribution in [3.63, 3.8) is 0 Å². The van der Waals surface area contributed by atoms with Crippen LogP contribution in [0, 0.1) is 6.92 Å². The summed E-state index contributed by atoms with van der Waals surface area (Å²) in [6.07, 6.45) is 1.74. The van der Waals surface area contributed by atoms with Crippen LogP contribution in [-0.4, -0.2) is 44.6 Å². The Morgan fingerprint density at radius 3 is 2.74 bits per heavy atom. The largest absolute Gasteiger partial charge is 0.497 e. The number of carbonyl (C=O) groups excluding carboxylic acids is 1. The van der Waals surface area contributed by atoms with E-state index in [-0.39, 0.29) is 23.8 Å². The van der Waals surface area contributed by atoms with E-state index in [0.717, 1.165) is 22.7 Å². The smallest absolute Gasteiger partial charge is 0.267 e. The first-order valence-corrected chi connectivity index (χ1v) is 8.76. The third kappa shape index (κ3) is 3.14. The van der Waals surface area contributed by atoms with Crippen LogP contribution in [-0.2, 0) is 17.8 Å². The highest BCUT2D eigenvalue weighted by molar-refractivity contribution is 5.79. The number of aromatic amines is 3. The molecule has 1 aromatic carbocycles. The molecule has 140 valence electrons. The summed E-state index contributed by atoms with van der Waals surface area (Å²) in [6.45, 7) is 2.76. The summed E-state index contributed by atoms with van der Waals surface area (Å²) in [5.74, 6) is 0.675. The van der Waals surface area contributed by atoms with Crippen LogP contribution in [0.5, 0.6) is 5.75 Å². The summed E-state index contributed by atoms with van der Waals surface area (Å²) < 4.78 is 5.23. The van der Waals surface area contributed by atoms with E-state index in [0.29, 0.717) is 24.3 Å². The molecule has 3 heterocycles. The van der Waals surface area contributed by atoms with E-state index < -0.39 is 0 Å². The molecule has 0 fully saturated rings. The topological polar surface area (TPSA) is 107 Å². The van der Waals surface area contributed by atoms with Crippen molar-refractivity contribution in [3.8, 4) is 5.75 Å². The van der Waals surface area contributed by atoms with Crippen molar-refractivity contribution in [2.75, 3.05) is 13.7 Å². The first kappa shape index (κ1) is 17.1. The quantitative estimate of drug-likeness (QED) is 0.649. The second kappa shape index (κ2) is 6.79. The minimum atomic E-state index is -0.244. The second-order valence-electron chi connectivity index (χ2n) is 6.73. The van der Waals surface area contributed by atoms with E-state index in [4.69, 9.17) is 4.74 Å². The average Bonchev–Trinajstić information content (AvgIpc) is 3.29. The number of H-pyrrole nitrogens is 3. The monoisotopic (exact) mass is 367 g/mol. The zero-order valence-corrected chi connectivity index (χ0v) is 15.2. The Bertz CT molecular complexity index is 1010. The number of nitrogens with one attached hydrogen (secondary N) is 3. The average molecular weight is 367 g/mol. The van der Waals surface area contributed by atoms with Gasteiger partial charge in [0, 0.05) is 23.7 Å². The molecule has 8 heteroatoms. The Hall–Kier alpha value is -3.29. The Balaban J connectivity index is 1.61. The van der Waals surface area contributed by atoms with Crippen LogP contribution < -0.4 is 10.3 Å². The van der Waals surface area contributed by atoms with E-state index in [2.05, 4.69) is 20.2 Å². The van der Waals surface area contributed by atoms with Gasteiger partial charge in [-0.1, -0.05) is 12.1 Å². The SMILES string of the molecule is COc1ccc(C2CN(C(=O)Cc3c(C)[nH][nH]c3=O)Cc3[nH]cnc32)cc1. The van der Waals surface area contributed by atoms with E-state index in [1.54, 1.807) is 25.3 Å². The van der Waals surface area contributed by atoms with Crippen molar-refractivity contribution in [2.45, 2.75) is 25.8 Å². The fraction of sp³-hybridized carbons (Fsp3) is 0.316.